The summed E-state index contributed by atoms with van der Waals surface area (Å²) in [6.07, 6.45) is -13.3. The van der Waals surface area contributed by atoms with Crippen molar-refractivity contribution in [3.8, 4) is 0 Å². The molecule has 0 aliphatic heterocycles. The van der Waals surface area contributed by atoms with E-state index in [1.165, 1.54) is 6.92 Å². The summed E-state index contributed by atoms with van der Waals surface area (Å²) in [4.78, 5) is 23.8. The summed E-state index contributed by atoms with van der Waals surface area (Å²) >= 11 is 0. The molecule has 0 aromatic rings. The average molecular weight is 713 g/mol. The van der Waals surface area contributed by atoms with E-state index < -0.39 is 76.9 Å². The van der Waals surface area contributed by atoms with Gasteiger partial charge in [-0.15, -0.1) is 0 Å². The molecule has 18 heteroatoms. The van der Waals surface area contributed by atoms with E-state index in [1.807, 2.05) is 13.8 Å². The van der Waals surface area contributed by atoms with Crippen LogP contribution in [-0.2, 0) is 19.1 Å². The molecule has 4 fully saturated rings. The third-order valence-electron chi connectivity index (χ3n) is 11.8. The van der Waals surface area contributed by atoms with Crippen LogP contribution in [0.2, 0.25) is 0 Å². The summed E-state index contributed by atoms with van der Waals surface area (Å²) in [5.74, 6) is -32.6. The van der Waals surface area contributed by atoms with Gasteiger partial charge in [0.1, 0.15) is 12.2 Å². The second-order valence-corrected chi connectivity index (χ2v) is 14.1. The number of fused-ring (bicyclic) bond motifs is 5. The van der Waals surface area contributed by atoms with Crippen LogP contribution in [0.15, 0.2) is 0 Å². The Balaban J connectivity index is 1.43. The lowest BCUT2D eigenvalue weighted by molar-refractivity contribution is -0.349. The maximum Gasteiger partial charge on any atom is 0.460 e. The number of halogens is 14. The molecular formula is C29H34F14O4. The minimum Gasteiger partial charge on any atom is -0.458 e. The summed E-state index contributed by atoms with van der Waals surface area (Å²) in [6.45, 7) is 4.92. The molecule has 9 unspecified atom stereocenters. The van der Waals surface area contributed by atoms with E-state index in [1.54, 1.807) is 0 Å². The van der Waals surface area contributed by atoms with Gasteiger partial charge in [-0.2, -0.15) is 61.5 Å². The Bertz CT molecular complexity index is 1220. The minimum absolute atomic E-state index is 0.00665. The van der Waals surface area contributed by atoms with Crippen LogP contribution in [0.4, 0.5) is 61.5 Å². The van der Waals surface area contributed by atoms with Gasteiger partial charge in [0.2, 0.25) is 0 Å². The number of hydrogen-bond donors (Lipinski definition) is 0. The van der Waals surface area contributed by atoms with Crippen molar-refractivity contribution in [2.24, 2.45) is 40.4 Å². The van der Waals surface area contributed by atoms with Gasteiger partial charge in [-0.05, 0) is 99.2 Å². The van der Waals surface area contributed by atoms with Gasteiger partial charge in [0.15, 0.2) is 0 Å². The summed E-state index contributed by atoms with van der Waals surface area (Å²) in [7, 11) is 0. The molecule has 9 atom stereocenters. The zero-order valence-electron chi connectivity index (χ0n) is 25.3. The first-order valence-corrected chi connectivity index (χ1v) is 15.1. The average Bonchev–Trinajstić information content (AvgIpc) is 3.29. The van der Waals surface area contributed by atoms with Gasteiger partial charge in [-0.1, -0.05) is 13.8 Å². The molecule has 0 bridgehead atoms. The highest BCUT2D eigenvalue weighted by atomic mass is 19.4. The lowest BCUT2D eigenvalue weighted by Gasteiger charge is -2.61. The van der Waals surface area contributed by atoms with Crippen LogP contribution in [0.25, 0.3) is 0 Å². The molecule has 47 heavy (non-hydrogen) atoms. The quantitative estimate of drug-likeness (QED) is 0.195. The van der Waals surface area contributed by atoms with Gasteiger partial charge >= 0.3 is 48.0 Å². The smallest absolute Gasteiger partial charge is 0.458 e. The van der Waals surface area contributed by atoms with Crippen LogP contribution in [0, 0.1) is 40.4 Å². The van der Waals surface area contributed by atoms with Crippen LogP contribution < -0.4 is 0 Å². The van der Waals surface area contributed by atoms with Crippen molar-refractivity contribution in [2.45, 2.75) is 127 Å². The van der Waals surface area contributed by atoms with Crippen LogP contribution >= 0.6 is 0 Å². The van der Waals surface area contributed by atoms with Crippen LogP contribution in [0.5, 0.6) is 0 Å². The SMILES string of the molecule is CC(OC(=O)C(F)(F)C(F)(F)C(F)(F)F)C1CCC2C3CCC4CC(OC(=O)C(F)(F)C(F)(F)C(F)(F)F)CCC4(C)C3CCC12C. The highest BCUT2D eigenvalue weighted by molar-refractivity contribution is 5.79. The van der Waals surface area contributed by atoms with Crippen LogP contribution in [0.1, 0.15) is 78.6 Å². The van der Waals surface area contributed by atoms with Gasteiger partial charge in [0.05, 0.1) is 0 Å². The fourth-order valence-corrected chi connectivity index (χ4v) is 9.30. The van der Waals surface area contributed by atoms with E-state index in [4.69, 9.17) is 0 Å². The fraction of sp³-hybridized carbons (Fsp3) is 0.931. The van der Waals surface area contributed by atoms with Gasteiger partial charge in [-0.25, -0.2) is 9.59 Å². The monoisotopic (exact) mass is 712 g/mol. The van der Waals surface area contributed by atoms with Crippen molar-refractivity contribution < 1.29 is 80.5 Å². The maximum atomic E-state index is 14.0. The Hall–Kier alpha value is -2.04. The van der Waals surface area contributed by atoms with Crippen molar-refractivity contribution in [3.05, 3.63) is 0 Å². The lowest BCUT2D eigenvalue weighted by atomic mass is 9.44. The Labute approximate surface area is 260 Å². The molecule has 0 heterocycles. The number of ether oxygens (including phenoxy) is 2. The summed E-state index contributed by atoms with van der Waals surface area (Å²) in [5, 5.41) is 0. The van der Waals surface area contributed by atoms with E-state index in [9.17, 15) is 71.1 Å². The lowest BCUT2D eigenvalue weighted by Crippen LogP contribution is -2.58. The van der Waals surface area contributed by atoms with Gasteiger partial charge < -0.3 is 9.47 Å². The molecule has 0 radical (unpaired) electrons. The number of carbonyl (C=O) groups is 2. The van der Waals surface area contributed by atoms with Crippen LogP contribution in [-0.4, -0.2) is 60.2 Å². The second-order valence-electron chi connectivity index (χ2n) is 14.1. The minimum atomic E-state index is -6.70. The topological polar surface area (TPSA) is 52.6 Å². The summed E-state index contributed by atoms with van der Waals surface area (Å²) < 4.78 is 193. The first kappa shape index (κ1) is 37.8. The van der Waals surface area contributed by atoms with Crippen LogP contribution in [0.3, 0.4) is 0 Å². The van der Waals surface area contributed by atoms with Gasteiger partial charge in [-0.3, -0.25) is 0 Å². The van der Waals surface area contributed by atoms with Crippen molar-refractivity contribution in [1.82, 2.24) is 0 Å². The normalized spacial score (nSPS) is 36.1. The first-order chi connectivity index (χ1) is 21.1. The first-order valence-electron chi connectivity index (χ1n) is 15.1. The highest BCUT2D eigenvalue weighted by Gasteiger charge is 2.78. The number of alkyl halides is 14. The number of esters is 2. The third-order valence-corrected chi connectivity index (χ3v) is 11.8. The van der Waals surface area contributed by atoms with Crippen molar-refractivity contribution >= 4 is 11.9 Å². The van der Waals surface area contributed by atoms with E-state index in [0.717, 1.165) is 0 Å². The second kappa shape index (κ2) is 11.5. The molecule has 0 saturated heterocycles. The number of hydrogen-bond acceptors (Lipinski definition) is 4. The zero-order valence-corrected chi connectivity index (χ0v) is 25.3. The number of carbonyl (C=O) groups excluding carboxylic acids is 2. The van der Waals surface area contributed by atoms with E-state index >= 15 is 0 Å². The molecular weight excluding hydrogens is 678 g/mol. The molecule has 4 saturated carbocycles. The Kier molecular flexibility index (Phi) is 9.25. The third kappa shape index (κ3) is 5.76. The molecule has 0 spiro atoms. The van der Waals surface area contributed by atoms with E-state index in [2.05, 4.69) is 9.47 Å². The molecule has 0 N–H and O–H groups in total. The molecule has 272 valence electrons. The standard InChI is InChI=1S/C29H34F14O4/c1-13(46-20(44)24(30,31)26(34,35)28(38,39)40)17-6-7-18-16-5-4-14-12-15(8-10-22(14,2)19(16)9-11-23(17,18)3)47-21(45)25(32,33)27(36,37)29(41,42)43/h13-19H,4-12H2,1-3H3. The molecule has 0 aromatic carbocycles. The molecule has 0 amide bonds. The molecule has 4 nitrogen and oxygen atoms in total. The van der Waals surface area contributed by atoms with Crippen molar-refractivity contribution in [1.29, 1.82) is 0 Å². The Morgan fingerprint density at radius 3 is 1.66 bits per heavy atom. The van der Waals surface area contributed by atoms with Crippen molar-refractivity contribution in [2.75, 3.05) is 0 Å². The molecule has 0 aromatic heterocycles. The highest BCUT2D eigenvalue weighted by Crippen LogP contribution is 2.68. The number of rotatable bonds is 7. The van der Waals surface area contributed by atoms with Gasteiger partial charge in [0, 0.05) is 5.92 Å². The zero-order chi connectivity index (χ0) is 36.0. The summed E-state index contributed by atoms with van der Waals surface area (Å²) in [6, 6.07) is 0. The summed E-state index contributed by atoms with van der Waals surface area (Å²) in [5.41, 5.74) is -1.15. The van der Waals surface area contributed by atoms with Crippen molar-refractivity contribution in [3.63, 3.8) is 0 Å². The predicted molar refractivity (Wildman–Crippen MR) is 133 cm³/mol. The maximum absolute atomic E-state index is 14.0. The van der Waals surface area contributed by atoms with E-state index in [0.29, 0.717) is 38.5 Å². The Morgan fingerprint density at radius 1 is 0.638 bits per heavy atom. The van der Waals surface area contributed by atoms with E-state index in [-0.39, 0.29) is 42.9 Å². The molecule has 4 rings (SSSR count). The Morgan fingerprint density at radius 2 is 1.13 bits per heavy atom. The fourth-order valence-electron chi connectivity index (χ4n) is 9.30. The predicted octanol–water partition coefficient (Wildman–Crippen LogP) is 9.15. The largest absolute Gasteiger partial charge is 0.460 e. The molecule has 4 aliphatic rings. The van der Waals surface area contributed by atoms with Gasteiger partial charge in [0.25, 0.3) is 0 Å². The molecule has 4 aliphatic carbocycles.